The summed E-state index contributed by atoms with van der Waals surface area (Å²) in [5.74, 6) is -1.59. The fraction of sp³-hybridized carbons (Fsp3) is 0.250. The fourth-order valence-corrected chi connectivity index (χ4v) is 0.977. The predicted molar refractivity (Wildman–Crippen MR) is 46.5 cm³/mol. The van der Waals surface area contributed by atoms with Crippen molar-refractivity contribution in [3.05, 3.63) is 23.7 Å². The van der Waals surface area contributed by atoms with Crippen molar-refractivity contribution in [2.24, 2.45) is 0 Å². The quantitative estimate of drug-likeness (QED) is 0.541. The summed E-state index contributed by atoms with van der Waals surface area (Å²) in [6.45, 7) is 0. The number of hydrogen-bond donors (Lipinski definition) is 2. The number of rotatable bonds is 2. The highest BCUT2D eigenvalue weighted by Crippen LogP contribution is 2.13. The van der Waals surface area contributed by atoms with Crippen LogP contribution in [0.5, 0.6) is 0 Å². The van der Waals surface area contributed by atoms with Gasteiger partial charge in [0.25, 0.3) is 11.8 Å². The van der Waals surface area contributed by atoms with E-state index >= 15 is 0 Å². The van der Waals surface area contributed by atoms with E-state index in [2.05, 4.69) is 4.42 Å². The van der Waals surface area contributed by atoms with Gasteiger partial charge in [0.15, 0.2) is 0 Å². The van der Waals surface area contributed by atoms with Crippen LogP contribution in [0, 0.1) is 0 Å². The van der Waals surface area contributed by atoms with Crippen molar-refractivity contribution in [1.82, 2.24) is 10.1 Å². The summed E-state index contributed by atoms with van der Waals surface area (Å²) in [6, 6.07) is 0. The molecule has 0 saturated carbocycles. The molecule has 2 N–H and O–H groups in total. The molecule has 1 heterocycles. The summed E-state index contributed by atoms with van der Waals surface area (Å²) in [4.78, 5) is 22.6. The topological polar surface area (TPSA) is 94.2 Å². The Bertz CT molecular complexity index is 348. The first-order valence-electron chi connectivity index (χ1n) is 3.95. The molecule has 7 nitrogen and oxygen atoms in total. The molecule has 0 aliphatic carbocycles. The Morgan fingerprint density at radius 2 is 1.40 bits per heavy atom. The molecule has 2 amide bonds. The van der Waals surface area contributed by atoms with E-state index in [1.54, 1.807) is 0 Å². The number of furan rings is 1. The third-order valence-electron chi connectivity index (χ3n) is 1.71. The second-order valence-electron chi connectivity index (χ2n) is 2.86. The van der Waals surface area contributed by atoms with Crippen molar-refractivity contribution in [1.29, 1.82) is 0 Å². The van der Waals surface area contributed by atoms with Gasteiger partial charge < -0.3 is 4.42 Å². The van der Waals surface area contributed by atoms with Crippen LogP contribution < -0.4 is 0 Å². The van der Waals surface area contributed by atoms with E-state index in [-0.39, 0.29) is 11.1 Å². The van der Waals surface area contributed by atoms with Crippen LogP contribution in [0.3, 0.4) is 0 Å². The van der Waals surface area contributed by atoms with Gasteiger partial charge in [0.2, 0.25) is 0 Å². The molecular weight excluding hydrogens is 204 g/mol. The van der Waals surface area contributed by atoms with Gasteiger partial charge in [0, 0.05) is 14.1 Å². The van der Waals surface area contributed by atoms with Crippen LogP contribution in [0.25, 0.3) is 0 Å². The molecule has 1 aromatic rings. The Labute approximate surface area is 85.0 Å². The van der Waals surface area contributed by atoms with E-state index in [9.17, 15) is 9.59 Å². The first-order chi connectivity index (χ1) is 6.95. The van der Waals surface area contributed by atoms with Crippen molar-refractivity contribution in [3.8, 4) is 0 Å². The SMILES string of the molecule is CN(O)C(=O)c1cocc1C(=O)N(C)O. The molecule has 0 spiro atoms. The highest BCUT2D eigenvalue weighted by Gasteiger charge is 2.23. The zero-order chi connectivity index (χ0) is 11.6. The van der Waals surface area contributed by atoms with Gasteiger partial charge in [0.05, 0.1) is 11.1 Å². The Morgan fingerprint density at radius 3 is 1.67 bits per heavy atom. The Kier molecular flexibility index (Phi) is 3.08. The molecule has 1 rings (SSSR count). The lowest BCUT2D eigenvalue weighted by Gasteiger charge is -2.10. The molecule has 0 aliphatic rings. The van der Waals surface area contributed by atoms with Crippen LogP contribution in [0.4, 0.5) is 0 Å². The molecule has 0 unspecified atom stereocenters. The molecule has 0 saturated heterocycles. The van der Waals surface area contributed by atoms with Crippen LogP contribution in [0.2, 0.25) is 0 Å². The maximum Gasteiger partial charge on any atom is 0.281 e. The van der Waals surface area contributed by atoms with Crippen molar-refractivity contribution in [2.45, 2.75) is 0 Å². The van der Waals surface area contributed by atoms with Crippen LogP contribution >= 0.6 is 0 Å². The summed E-state index contributed by atoms with van der Waals surface area (Å²) in [5, 5.41) is 18.4. The standard InChI is InChI=1S/C8H10N2O5/c1-9(13)7(11)5-3-15-4-6(5)8(12)10(2)14/h3-4,13-14H,1-2H3. The monoisotopic (exact) mass is 214 g/mol. The maximum atomic E-state index is 11.3. The van der Waals surface area contributed by atoms with Crippen molar-refractivity contribution >= 4 is 11.8 Å². The molecule has 0 radical (unpaired) electrons. The molecule has 7 heteroatoms. The predicted octanol–water partition coefficient (Wildman–Crippen LogP) is 0.202. The average molecular weight is 214 g/mol. The van der Waals surface area contributed by atoms with Crippen LogP contribution in [0.15, 0.2) is 16.9 Å². The van der Waals surface area contributed by atoms with Gasteiger partial charge in [-0.1, -0.05) is 0 Å². The van der Waals surface area contributed by atoms with Crippen molar-refractivity contribution in [2.75, 3.05) is 14.1 Å². The summed E-state index contributed by atoms with van der Waals surface area (Å²) in [5.41, 5.74) is -0.239. The van der Waals surface area contributed by atoms with Crippen LogP contribution in [0.1, 0.15) is 20.7 Å². The minimum atomic E-state index is -0.797. The lowest BCUT2D eigenvalue weighted by Crippen LogP contribution is -2.27. The second-order valence-corrected chi connectivity index (χ2v) is 2.86. The zero-order valence-corrected chi connectivity index (χ0v) is 8.17. The number of hydrogen-bond acceptors (Lipinski definition) is 5. The van der Waals surface area contributed by atoms with E-state index < -0.39 is 11.8 Å². The number of carbonyl (C=O) groups excluding carboxylic acids is 2. The van der Waals surface area contributed by atoms with Gasteiger partial charge in [-0.05, 0) is 0 Å². The summed E-state index contributed by atoms with van der Waals surface area (Å²) < 4.78 is 4.67. The molecule has 0 atom stereocenters. The summed E-state index contributed by atoms with van der Waals surface area (Å²) in [7, 11) is 2.23. The van der Waals surface area contributed by atoms with E-state index in [1.165, 1.54) is 0 Å². The molecule has 1 aromatic heterocycles. The normalized spacial score (nSPS) is 9.87. The van der Waals surface area contributed by atoms with Gasteiger partial charge in [-0.3, -0.25) is 20.0 Å². The van der Waals surface area contributed by atoms with Crippen molar-refractivity contribution < 1.29 is 24.4 Å². The molecule has 15 heavy (non-hydrogen) atoms. The maximum absolute atomic E-state index is 11.3. The summed E-state index contributed by atoms with van der Waals surface area (Å²) in [6.07, 6.45) is 2.04. The molecule has 82 valence electrons. The van der Waals surface area contributed by atoms with Crippen LogP contribution in [-0.2, 0) is 0 Å². The van der Waals surface area contributed by atoms with E-state index in [0.29, 0.717) is 10.1 Å². The van der Waals surface area contributed by atoms with E-state index in [4.69, 9.17) is 10.4 Å². The highest BCUT2D eigenvalue weighted by molar-refractivity contribution is 6.06. The van der Waals surface area contributed by atoms with E-state index in [1.807, 2.05) is 0 Å². The molecule has 0 aromatic carbocycles. The molecular formula is C8H10N2O5. The minimum absolute atomic E-state index is 0.120. The number of amides is 2. The first kappa shape index (κ1) is 11.2. The van der Waals surface area contributed by atoms with Crippen molar-refractivity contribution in [3.63, 3.8) is 0 Å². The zero-order valence-electron chi connectivity index (χ0n) is 8.17. The third kappa shape index (κ3) is 2.14. The third-order valence-corrected chi connectivity index (χ3v) is 1.71. The van der Waals surface area contributed by atoms with Gasteiger partial charge >= 0.3 is 0 Å². The highest BCUT2D eigenvalue weighted by atomic mass is 16.5. The second kappa shape index (κ2) is 4.11. The average Bonchev–Trinajstić information content (AvgIpc) is 2.63. The van der Waals surface area contributed by atoms with Gasteiger partial charge in [-0.2, -0.15) is 0 Å². The smallest absolute Gasteiger partial charge is 0.281 e. The van der Waals surface area contributed by atoms with Gasteiger partial charge in [-0.15, -0.1) is 0 Å². The largest absolute Gasteiger partial charge is 0.471 e. The fourth-order valence-electron chi connectivity index (χ4n) is 0.977. The van der Waals surface area contributed by atoms with E-state index in [0.717, 1.165) is 26.6 Å². The number of carbonyl (C=O) groups is 2. The lowest BCUT2D eigenvalue weighted by molar-refractivity contribution is -0.0402. The Hall–Kier alpha value is -1.86. The Balaban J connectivity index is 3.07. The van der Waals surface area contributed by atoms with Gasteiger partial charge in [-0.25, -0.2) is 10.1 Å². The minimum Gasteiger partial charge on any atom is -0.471 e. The lowest BCUT2D eigenvalue weighted by atomic mass is 10.2. The molecule has 0 aliphatic heterocycles. The number of nitrogens with zero attached hydrogens (tertiary/aromatic N) is 2. The first-order valence-corrected chi connectivity index (χ1v) is 3.95. The Morgan fingerprint density at radius 1 is 1.07 bits per heavy atom. The number of hydroxylamine groups is 4. The van der Waals surface area contributed by atoms with Gasteiger partial charge in [0.1, 0.15) is 12.5 Å². The summed E-state index contributed by atoms with van der Waals surface area (Å²) >= 11 is 0. The molecule has 0 fully saturated rings. The molecule has 0 bridgehead atoms. The van der Waals surface area contributed by atoms with Crippen LogP contribution in [-0.4, -0.2) is 46.5 Å².